The molecule has 3 saturated heterocycles. The summed E-state index contributed by atoms with van der Waals surface area (Å²) in [6, 6.07) is 16.2. The van der Waals surface area contributed by atoms with Crippen LogP contribution in [0.2, 0.25) is 0 Å². The van der Waals surface area contributed by atoms with Crippen molar-refractivity contribution < 1.29 is 47.0 Å². The van der Waals surface area contributed by atoms with Crippen LogP contribution in [0.25, 0.3) is 0 Å². The SMILES string of the molecule is CC(C)(C)OC(=O)NC1(c2ccc(B3OC(C)(C)C(C)(C)O3)cc2)CC1.CC(C)(C)OC(=O)NC1(c2ccc(Br)cc2)CC1.CC1(C)OB(B2OC(C)(C)C(C)(C)O2)OC1(C)C. The van der Waals surface area contributed by atoms with Gasteiger partial charge in [0, 0.05) is 4.47 Å². The predicted octanol–water partition coefficient (Wildman–Crippen LogP) is 9.71. The summed E-state index contributed by atoms with van der Waals surface area (Å²) in [5, 5.41) is 6.01. The third kappa shape index (κ3) is 11.8. The number of alkyl carbamates (subject to hydrolysis) is 2. The summed E-state index contributed by atoms with van der Waals surface area (Å²) in [7, 11) is -1.32. The standard InChI is InChI=1S/C20H30BNO4.C14H18BrNO2.C12H24B2O4/c1-17(2,3)24-16(23)22-20(12-13-20)14-8-10-15(11-9-14)21-25-18(4,5)19(6,7)26-21;1-13(2,3)18-12(17)16-14(8-9-14)10-4-6-11(15)7-5-10;1-9(2)10(3,4)16-13(15-9)14-17-11(5,6)12(7,8)18-14/h8-11H,12-13H2,1-7H3,(H,22,23);4-7H,8-9H2,1-3H3,(H,16,17);1-8H3. The van der Waals surface area contributed by atoms with Gasteiger partial charge in [0.15, 0.2) is 0 Å². The number of benzene rings is 2. The summed E-state index contributed by atoms with van der Waals surface area (Å²) in [5.74, 6) is 0. The highest BCUT2D eigenvalue weighted by molar-refractivity contribution is 9.10. The van der Waals surface area contributed by atoms with Crippen molar-refractivity contribution in [2.24, 2.45) is 0 Å². The Morgan fingerprint density at radius 2 is 0.774 bits per heavy atom. The van der Waals surface area contributed by atoms with Crippen molar-refractivity contribution in [3.05, 3.63) is 64.1 Å². The van der Waals surface area contributed by atoms with E-state index in [-0.39, 0.29) is 64.0 Å². The zero-order valence-electron chi connectivity index (χ0n) is 40.6. The molecule has 16 heteroatoms. The first kappa shape index (κ1) is 50.4. The van der Waals surface area contributed by atoms with Crippen molar-refractivity contribution in [3.8, 4) is 0 Å². The Kier molecular flexibility index (Phi) is 13.8. The van der Waals surface area contributed by atoms with E-state index in [0.717, 1.165) is 46.7 Å². The average molecular weight is 925 g/mol. The maximum absolute atomic E-state index is 12.1. The molecule has 5 aliphatic rings. The summed E-state index contributed by atoms with van der Waals surface area (Å²) >= 11 is 3.41. The van der Waals surface area contributed by atoms with Crippen LogP contribution >= 0.6 is 15.9 Å². The highest BCUT2D eigenvalue weighted by atomic mass is 79.9. The number of ether oxygens (including phenoxy) is 2. The largest absolute Gasteiger partial charge is 0.494 e. The molecule has 3 heterocycles. The summed E-state index contributed by atoms with van der Waals surface area (Å²) in [4.78, 5) is 23.9. The molecule has 2 aliphatic carbocycles. The number of carbonyl (C=O) groups excluding carboxylic acids is 2. The first-order chi connectivity index (χ1) is 28.0. The van der Waals surface area contributed by atoms with Crippen molar-refractivity contribution in [2.75, 3.05) is 0 Å². The van der Waals surface area contributed by atoms with E-state index < -0.39 is 25.2 Å². The number of nitrogens with one attached hydrogen (secondary N) is 2. The van der Waals surface area contributed by atoms with E-state index in [1.807, 2.05) is 173 Å². The van der Waals surface area contributed by atoms with Gasteiger partial charge in [-0.15, -0.1) is 0 Å². The zero-order valence-corrected chi connectivity index (χ0v) is 42.2. The van der Waals surface area contributed by atoms with E-state index in [4.69, 9.17) is 37.4 Å². The molecule has 3 aliphatic heterocycles. The van der Waals surface area contributed by atoms with Crippen LogP contribution in [0.4, 0.5) is 9.59 Å². The monoisotopic (exact) mass is 924 g/mol. The molecule has 2 N–H and O–H groups in total. The molecule has 0 spiro atoms. The molecule has 2 aromatic rings. The van der Waals surface area contributed by atoms with Crippen LogP contribution in [0.3, 0.4) is 0 Å². The lowest BCUT2D eigenvalue weighted by molar-refractivity contribution is 0.00578. The minimum absolute atomic E-state index is 0.219. The summed E-state index contributed by atoms with van der Waals surface area (Å²) in [5.41, 5.74) is -0.426. The number of amides is 2. The fraction of sp³-hybridized carbons (Fsp3) is 0.696. The third-order valence-electron chi connectivity index (χ3n) is 13.1. The van der Waals surface area contributed by atoms with Crippen LogP contribution in [0.1, 0.15) is 161 Å². The van der Waals surface area contributed by atoms with Crippen molar-refractivity contribution >= 4 is 54.7 Å². The van der Waals surface area contributed by atoms with E-state index in [2.05, 4.69) is 26.6 Å². The number of halogens is 1. The first-order valence-corrected chi connectivity index (χ1v) is 22.8. The molecule has 7 rings (SSSR count). The molecular weight excluding hydrogens is 853 g/mol. The Hall–Kier alpha value is -2.59. The van der Waals surface area contributed by atoms with Crippen LogP contribution in [0.5, 0.6) is 0 Å². The third-order valence-corrected chi connectivity index (χ3v) is 13.7. The second-order valence-corrected chi connectivity index (χ2v) is 23.3. The van der Waals surface area contributed by atoms with Crippen LogP contribution in [0.15, 0.2) is 53.0 Å². The smallest absolute Gasteiger partial charge is 0.444 e. The highest BCUT2D eigenvalue weighted by Crippen LogP contribution is 2.47. The van der Waals surface area contributed by atoms with Crippen molar-refractivity contribution in [1.29, 1.82) is 0 Å². The van der Waals surface area contributed by atoms with Gasteiger partial charge < -0.3 is 48.0 Å². The Balaban J connectivity index is 0.000000181. The molecule has 0 bridgehead atoms. The van der Waals surface area contributed by atoms with Gasteiger partial charge in [0.05, 0.1) is 44.7 Å². The first-order valence-electron chi connectivity index (χ1n) is 22.0. The van der Waals surface area contributed by atoms with Crippen molar-refractivity contribution in [3.63, 3.8) is 0 Å². The van der Waals surface area contributed by atoms with E-state index in [1.165, 1.54) is 0 Å². The second kappa shape index (κ2) is 17.0. The lowest BCUT2D eigenvalue weighted by atomic mass is 9.49. The molecule has 62 heavy (non-hydrogen) atoms. The summed E-state index contributed by atoms with van der Waals surface area (Å²) < 4.78 is 47.8. The van der Waals surface area contributed by atoms with Gasteiger partial charge in [-0.1, -0.05) is 52.3 Å². The van der Waals surface area contributed by atoms with Crippen molar-refractivity contribution in [2.45, 2.75) is 206 Å². The maximum Gasteiger partial charge on any atom is 0.494 e. The molecule has 0 unspecified atom stereocenters. The minimum Gasteiger partial charge on any atom is -0.444 e. The molecule has 0 atom stereocenters. The minimum atomic E-state index is -0.499. The fourth-order valence-electron chi connectivity index (χ4n) is 6.93. The van der Waals surface area contributed by atoms with Gasteiger partial charge in [0.2, 0.25) is 0 Å². The average Bonchev–Trinajstić information content (AvgIpc) is 3.99. The Morgan fingerprint density at radius 3 is 1.05 bits per heavy atom. The van der Waals surface area contributed by atoms with Crippen molar-refractivity contribution in [1.82, 2.24) is 10.6 Å². The van der Waals surface area contributed by atoms with Gasteiger partial charge in [-0.3, -0.25) is 0 Å². The molecule has 0 aromatic heterocycles. The fourth-order valence-corrected chi connectivity index (χ4v) is 7.19. The molecular formula is C46H72B3BrN2O10. The highest BCUT2D eigenvalue weighted by Gasteiger charge is 2.64. The summed E-state index contributed by atoms with van der Waals surface area (Å²) in [6.45, 7) is 35.6. The molecule has 2 amide bonds. The molecule has 2 saturated carbocycles. The zero-order chi connectivity index (χ0) is 46.8. The van der Waals surface area contributed by atoms with Crippen LogP contribution in [-0.2, 0) is 48.5 Å². The van der Waals surface area contributed by atoms with Gasteiger partial charge in [0.25, 0.3) is 0 Å². The lowest BCUT2D eigenvalue weighted by Crippen LogP contribution is -2.41. The van der Waals surface area contributed by atoms with Gasteiger partial charge in [0.1, 0.15) is 11.2 Å². The molecule has 2 aromatic carbocycles. The topological polar surface area (TPSA) is 132 Å². The number of hydrogen-bond acceptors (Lipinski definition) is 10. The Morgan fingerprint density at radius 1 is 0.500 bits per heavy atom. The van der Waals surface area contributed by atoms with E-state index in [1.54, 1.807) is 0 Å². The van der Waals surface area contributed by atoms with Gasteiger partial charge >= 0.3 is 33.3 Å². The van der Waals surface area contributed by atoms with E-state index in [9.17, 15) is 9.59 Å². The second-order valence-electron chi connectivity index (χ2n) is 22.4. The molecule has 12 nitrogen and oxygen atoms in total. The quantitative estimate of drug-likeness (QED) is 0.270. The maximum atomic E-state index is 12.1. The van der Waals surface area contributed by atoms with Gasteiger partial charge in [-0.25, -0.2) is 9.59 Å². The molecule has 342 valence electrons. The van der Waals surface area contributed by atoms with Gasteiger partial charge in [-0.05, 0) is 179 Å². The lowest BCUT2D eigenvalue weighted by Gasteiger charge is -2.32. The number of carbonyl (C=O) groups is 2. The van der Waals surface area contributed by atoms with Crippen LogP contribution in [-0.4, -0.2) is 78.1 Å². The summed E-state index contributed by atoms with van der Waals surface area (Å²) in [6.07, 6.45) is 3.05. The van der Waals surface area contributed by atoms with Crippen LogP contribution < -0.4 is 16.1 Å². The Bertz CT molecular complexity index is 1830. The van der Waals surface area contributed by atoms with E-state index in [0.29, 0.717) is 0 Å². The normalized spacial score (nSPS) is 23.8. The predicted molar refractivity (Wildman–Crippen MR) is 249 cm³/mol. The molecule has 0 radical (unpaired) electrons. The number of rotatable bonds is 6. The van der Waals surface area contributed by atoms with Gasteiger partial charge in [-0.2, -0.15) is 0 Å². The Labute approximate surface area is 381 Å². The molecule has 5 fully saturated rings. The van der Waals surface area contributed by atoms with Crippen LogP contribution in [0, 0.1) is 0 Å². The number of hydrogen-bond donors (Lipinski definition) is 2. The van der Waals surface area contributed by atoms with E-state index >= 15 is 0 Å².